The quantitative estimate of drug-likeness (QED) is 0.462. The molecule has 2 unspecified atom stereocenters. The molecule has 1 aromatic carbocycles. The van der Waals surface area contributed by atoms with Crippen molar-refractivity contribution >= 4 is 17.7 Å². The molecule has 2 atom stereocenters. The molecule has 172 valence electrons. The molecule has 1 aliphatic heterocycles. The molecular formula is C25H32N2O5. The summed E-state index contributed by atoms with van der Waals surface area (Å²) in [4.78, 5) is 41.1. The zero-order valence-corrected chi connectivity index (χ0v) is 19.5. The van der Waals surface area contributed by atoms with Crippen molar-refractivity contribution in [3.63, 3.8) is 0 Å². The van der Waals surface area contributed by atoms with E-state index in [1.54, 1.807) is 68.5 Å². The fraction of sp³-hybridized carbons (Fsp3) is 0.480. The summed E-state index contributed by atoms with van der Waals surface area (Å²) in [6, 6.07) is 8.24. The van der Waals surface area contributed by atoms with Gasteiger partial charge in [-0.1, -0.05) is 18.2 Å². The zero-order valence-electron chi connectivity index (χ0n) is 19.5. The number of ether oxygens (including phenoxy) is 2. The molecule has 1 saturated heterocycles. The van der Waals surface area contributed by atoms with Crippen LogP contribution in [0.25, 0.3) is 0 Å². The van der Waals surface area contributed by atoms with Gasteiger partial charge in [-0.25, -0.2) is 4.79 Å². The summed E-state index contributed by atoms with van der Waals surface area (Å²) in [5.41, 5.74) is 2.59. The van der Waals surface area contributed by atoms with E-state index < -0.39 is 12.0 Å². The number of benzene rings is 1. The van der Waals surface area contributed by atoms with E-state index in [1.165, 1.54) is 0 Å². The van der Waals surface area contributed by atoms with Crippen LogP contribution >= 0.6 is 0 Å². The molecule has 0 aliphatic carbocycles. The lowest BCUT2D eigenvalue weighted by molar-refractivity contribution is 0.0410. The van der Waals surface area contributed by atoms with Crippen LogP contribution in [0.1, 0.15) is 69.2 Å². The SMILES string of the molecule is CCOC(=O)c1c(C)c(C(=O)C(C)N(CC2CCCO2)C(=O)c2ccccc2)c(C)n1C. The topological polar surface area (TPSA) is 77.8 Å². The van der Waals surface area contributed by atoms with Gasteiger partial charge in [0.2, 0.25) is 0 Å². The minimum absolute atomic E-state index is 0.0917. The maximum atomic E-state index is 13.7. The largest absolute Gasteiger partial charge is 0.461 e. The lowest BCUT2D eigenvalue weighted by Gasteiger charge is -2.31. The van der Waals surface area contributed by atoms with Crippen molar-refractivity contribution in [2.45, 2.75) is 52.7 Å². The Kier molecular flexibility index (Phi) is 7.51. The first kappa shape index (κ1) is 23.7. The predicted molar refractivity (Wildman–Crippen MR) is 121 cm³/mol. The molecule has 0 saturated carbocycles. The van der Waals surface area contributed by atoms with Crippen LogP contribution in [0.5, 0.6) is 0 Å². The number of hydrogen-bond donors (Lipinski definition) is 0. The normalized spacial score (nSPS) is 16.6. The van der Waals surface area contributed by atoms with Gasteiger partial charge in [-0.05, 0) is 58.2 Å². The Balaban J connectivity index is 1.96. The number of ketones is 1. The molecule has 2 heterocycles. The second kappa shape index (κ2) is 10.1. The van der Waals surface area contributed by atoms with E-state index in [1.807, 2.05) is 6.07 Å². The highest BCUT2D eigenvalue weighted by molar-refractivity contribution is 6.07. The highest BCUT2D eigenvalue weighted by Crippen LogP contribution is 2.26. The van der Waals surface area contributed by atoms with Crippen molar-refractivity contribution in [2.24, 2.45) is 7.05 Å². The number of aromatic nitrogens is 1. The second-order valence-corrected chi connectivity index (χ2v) is 8.21. The number of rotatable bonds is 8. The van der Waals surface area contributed by atoms with E-state index in [-0.39, 0.29) is 24.4 Å². The molecule has 1 aromatic heterocycles. The van der Waals surface area contributed by atoms with E-state index >= 15 is 0 Å². The molecule has 0 bridgehead atoms. The molecule has 2 aromatic rings. The Labute approximate surface area is 189 Å². The monoisotopic (exact) mass is 440 g/mol. The fourth-order valence-corrected chi connectivity index (χ4v) is 4.35. The molecule has 1 amide bonds. The fourth-order valence-electron chi connectivity index (χ4n) is 4.35. The van der Waals surface area contributed by atoms with Crippen molar-refractivity contribution in [3.05, 3.63) is 58.4 Å². The Morgan fingerprint density at radius 2 is 1.91 bits per heavy atom. The highest BCUT2D eigenvalue weighted by Gasteiger charge is 2.34. The van der Waals surface area contributed by atoms with Crippen molar-refractivity contribution < 1.29 is 23.9 Å². The third-order valence-electron chi connectivity index (χ3n) is 6.20. The third kappa shape index (κ3) is 4.63. The number of carbonyl (C=O) groups excluding carboxylic acids is 3. The summed E-state index contributed by atoms with van der Waals surface area (Å²) >= 11 is 0. The number of esters is 1. The molecule has 0 N–H and O–H groups in total. The molecule has 3 rings (SSSR count). The molecule has 7 heteroatoms. The maximum Gasteiger partial charge on any atom is 0.355 e. The lowest BCUT2D eigenvalue weighted by atomic mass is 9.98. The summed E-state index contributed by atoms with van der Waals surface area (Å²) in [5, 5.41) is 0. The van der Waals surface area contributed by atoms with Gasteiger partial charge in [0.1, 0.15) is 5.69 Å². The Morgan fingerprint density at radius 1 is 1.22 bits per heavy atom. The number of carbonyl (C=O) groups is 3. The molecule has 1 aliphatic rings. The molecule has 0 spiro atoms. The first-order valence-corrected chi connectivity index (χ1v) is 11.1. The summed E-state index contributed by atoms with van der Waals surface area (Å²) in [7, 11) is 1.75. The molecule has 1 fully saturated rings. The van der Waals surface area contributed by atoms with Gasteiger partial charge in [-0.2, -0.15) is 0 Å². The van der Waals surface area contributed by atoms with Gasteiger partial charge in [0.15, 0.2) is 5.78 Å². The van der Waals surface area contributed by atoms with E-state index in [0.717, 1.165) is 12.8 Å². The van der Waals surface area contributed by atoms with Crippen molar-refractivity contribution in [2.75, 3.05) is 19.8 Å². The number of nitrogens with zero attached hydrogens (tertiary/aromatic N) is 2. The maximum absolute atomic E-state index is 13.7. The first-order valence-electron chi connectivity index (χ1n) is 11.1. The van der Waals surface area contributed by atoms with Gasteiger partial charge in [-0.15, -0.1) is 0 Å². The second-order valence-electron chi connectivity index (χ2n) is 8.21. The van der Waals surface area contributed by atoms with E-state index in [9.17, 15) is 14.4 Å². The van der Waals surface area contributed by atoms with Crippen LogP contribution in [0.15, 0.2) is 30.3 Å². The standard InChI is InChI=1S/C25H32N2O5/c1-6-31-25(30)22-16(2)21(17(3)26(22)5)23(28)18(4)27(15-20-13-10-14-32-20)24(29)19-11-8-7-9-12-19/h7-9,11-12,18,20H,6,10,13-15H2,1-5H3. The summed E-state index contributed by atoms with van der Waals surface area (Å²) in [6.45, 7) is 8.31. The van der Waals surface area contributed by atoms with E-state index in [2.05, 4.69) is 0 Å². The van der Waals surface area contributed by atoms with E-state index in [0.29, 0.717) is 41.2 Å². The van der Waals surface area contributed by atoms with Crippen LogP contribution in [-0.4, -0.2) is 59.0 Å². The average molecular weight is 441 g/mol. The first-order chi connectivity index (χ1) is 15.3. The molecule has 7 nitrogen and oxygen atoms in total. The van der Waals surface area contributed by atoms with Crippen LogP contribution in [0.4, 0.5) is 0 Å². The van der Waals surface area contributed by atoms with Crippen molar-refractivity contribution in [1.29, 1.82) is 0 Å². The third-order valence-corrected chi connectivity index (χ3v) is 6.20. The molecular weight excluding hydrogens is 408 g/mol. The summed E-state index contributed by atoms with van der Waals surface area (Å²) < 4.78 is 12.6. The van der Waals surface area contributed by atoms with Crippen molar-refractivity contribution in [3.8, 4) is 0 Å². The van der Waals surface area contributed by atoms with Crippen LogP contribution < -0.4 is 0 Å². The Bertz CT molecular complexity index is 990. The highest BCUT2D eigenvalue weighted by atomic mass is 16.5. The van der Waals surface area contributed by atoms with Gasteiger partial charge >= 0.3 is 5.97 Å². The average Bonchev–Trinajstić information content (AvgIpc) is 3.37. The molecule has 32 heavy (non-hydrogen) atoms. The number of amides is 1. The van der Waals surface area contributed by atoms with Gasteiger partial charge in [0.05, 0.1) is 18.8 Å². The van der Waals surface area contributed by atoms with Gasteiger partial charge in [0.25, 0.3) is 5.91 Å². The Hall–Kier alpha value is -2.93. The van der Waals surface area contributed by atoms with Crippen molar-refractivity contribution in [1.82, 2.24) is 9.47 Å². The molecule has 0 radical (unpaired) electrons. The minimum atomic E-state index is -0.721. The van der Waals surface area contributed by atoms with Gasteiger partial charge in [-0.3, -0.25) is 9.59 Å². The van der Waals surface area contributed by atoms with Crippen LogP contribution in [0.2, 0.25) is 0 Å². The predicted octanol–water partition coefficient (Wildman–Crippen LogP) is 3.71. The summed E-state index contributed by atoms with van der Waals surface area (Å²) in [6.07, 6.45) is 1.71. The van der Waals surface area contributed by atoms with Gasteiger partial charge < -0.3 is 18.9 Å². The van der Waals surface area contributed by atoms with Crippen LogP contribution in [-0.2, 0) is 16.5 Å². The van der Waals surface area contributed by atoms with Crippen LogP contribution in [0, 0.1) is 13.8 Å². The smallest absolute Gasteiger partial charge is 0.355 e. The van der Waals surface area contributed by atoms with E-state index in [4.69, 9.17) is 9.47 Å². The Morgan fingerprint density at radius 3 is 2.50 bits per heavy atom. The lowest BCUT2D eigenvalue weighted by Crippen LogP contribution is -2.47. The summed E-state index contributed by atoms with van der Waals surface area (Å²) in [5.74, 6) is -0.869. The number of Topliss-reactive ketones (excluding diaryl/α,β-unsaturated/α-hetero) is 1. The zero-order chi connectivity index (χ0) is 23.4. The van der Waals surface area contributed by atoms with Crippen LogP contribution in [0.3, 0.4) is 0 Å². The minimum Gasteiger partial charge on any atom is -0.461 e. The van der Waals surface area contributed by atoms with Gasteiger partial charge in [0, 0.05) is 37.0 Å². The number of hydrogen-bond acceptors (Lipinski definition) is 5.